The number of hydrogen-bond donors (Lipinski definition) is 1. The lowest BCUT2D eigenvalue weighted by atomic mass is 10.00. The lowest BCUT2D eigenvalue weighted by Gasteiger charge is -2.04. The molecule has 0 spiro atoms. The first-order valence-corrected chi connectivity index (χ1v) is 8.08. The zero-order valence-corrected chi connectivity index (χ0v) is 14.0. The van der Waals surface area contributed by atoms with E-state index in [0.717, 1.165) is 33.2 Å². The fourth-order valence-electron chi connectivity index (χ4n) is 3.09. The molecule has 0 fully saturated rings. The quantitative estimate of drug-likeness (QED) is 0.541. The molecule has 128 valence electrons. The summed E-state index contributed by atoms with van der Waals surface area (Å²) in [5, 5.41) is 0.905. The SMILES string of the molecule is COC(=O)c1[nH]c2cc(-c3ccc(F)cc3)ccc2c1-c1ccncc1. The lowest BCUT2D eigenvalue weighted by Crippen LogP contribution is -2.03. The normalized spacial score (nSPS) is 10.8. The number of esters is 1. The zero-order valence-electron chi connectivity index (χ0n) is 14.0. The van der Waals surface area contributed by atoms with Crippen LogP contribution in [0.1, 0.15) is 10.5 Å². The van der Waals surface area contributed by atoms with Crippen molar-refractivity contribution in [1.82, 2.24) is 9.97 Å². The van der Waals surface area contributed by atoms with Crippen molar-refractivity contribution >= 4 is 16.9 Å². The van der Waals surface area contributed by atoms with Crippen molar-refractivity contribution in [3.63, 3.8) is 0 Å². The predicted octanol–water partition coefficient (Wildman–Crippen LogP) is 4.82. The van der Waals surface area contributed by atoms with Crippen molar-refractivity contribution in [3.8, 4) is 22.3 Å². The van der Waals surface area contributed by atoms with Crippen molar-refractivity contribution in [2.45, 2.75) is 0 Å². The topological polar surface area (TPSA) is 55.0 Å². The maximum Gasteiger partial charge on any atom is 0.355 e. The molecule has 0 amide bonds. The Bertz CT molecular complexity index is 1090. The van der Waals surface area contributed by atoms with Crippen LogP contribution in [0.4, 0.5) is 4.39 Å². The molecular formula is C21H15FN2O2. The number of aromatic nitrogens is 2. The number of fused-ring (bicyclic) bond motifs is 1. The van der Waals surface area contributed by atoms with Crippen molar-refractivity contribution < 1.29 is 13.9 Å². The van der Waals surface area contributed by atoms with Gasteiger partial charge in [0.05, 0.1) is 7.11 Å². The smallest absolute Gasteiger partial charge is 0.355 e. The summed E-state index contributed by atoms with van der Waals surface area (Å²) in [5.74, 6) is -0.709. The molecule has 4 rings (SSSR count). The Balaban J connectivity index is 1.92. The van der Waals surface area contributed by atoms with Crippen LogP contribution >= 0.6 is 0 Å². The molecule has 0 unspecified atom stereocenters. The summed E-state index contributed by atoms with van der Waals surface area (Å²) in [6, 6.07) is 15.9. The summed E-state index contributed by atoms with van der Waals surface area (Å²) >= 11 is 0. The van der Waals surface area contributed by atoms with Gasteiger partial charge in [-0.1, -0.05) is 24.3 Å². The van der Waals surface area contributed by atoms with Gasteiger partial charge in [0.25, 0.3) is 0 Å². The van der Waals surface area contributed by atoms with Gasteiger partial charge in [-0.3, -0.25) is 4.98 Å². The van der Waals surface area contributed by atoms with Crippen LogP contribution in [0, 0.1) is 5.82 Å². The number of H-pyrrole nitrogens is 1. The molecule has 0 saturated carbocycles. The Labute approximate surface area is 149 Å². The second kappa shape index (κ2) is 6.44. The van der Waals surface area contributed by atoms with E-state index in [2.05, 4.69) is 9.97 Å². The van der Waals surface area contributed by atoms with E-state index < -0.39 is 5.97 Å². The highest BCUT2D eigenvalue weighted by Crippen LogP contribution is 2.35. The molecule has 0 saturated heterocycles. The monoisotopic (exact) mass is 346 g/mol. The second-order valence-corrected chi connectivity index (χ2v) is 5.87. The van der Waals surface area contributed by atoms with Gasteiger partial charge >= 0.3 is 5.97 Å². The molecule has 0 bridgehead atoms. The third-order valence-corrected chi connectivity index (χ3v) is 4.33. The molecule has 2 aromatic heterocycles. The Hall–Kier alpha value is -3.47. The van der Waals surface area contributed by atoms with Gasteiger partial charge in [0.2, 0.25) is 0 Å². The molecule has 1 N–H and O–H groups in total. The molecular weight excluding hydrogens is 331 g/mol. The number of methoxy groups -OCH3 is 1. The third kappa shape index (κ3) is 2.73. The van der Waals surface area contributed by atoms with Gasteiger partial charge in [0, 0.05) is 28.9 Å². The van der Waals surface area contributed by atoms with E-state index in [4.69, 9.17) is 4.74 Å². The van der Waals surface area contributed by atoms with Crippen LogP contribution in [-0.2, 0) is 4.74 Å². The van der Waals surface area contributed by atoms with Crippen LogP contribution in [0.3, 0.4) is 0 Å². The van der Waals surface area contributed by atoms with Crippen molar-refractivity contribution in [2.75, 3.05) is 7.11 Å². The minimum absolute atomic E-state index is 0.275. The van der Waals surface area contributed by atoms with Gasteiger partial charge in [0.1, 0.15) is 11.5 Å². The van der Waals surface area contributed by atoms with Gasteiger partial charge in [-0.05, 0) is 47.0 Å². The summed E-state index contributed by atoms with van der Waals surface area (Å²) in [6.45, 7) is 0. The first-order valence-electron chi connectivity index (χ1n) is 8.08. The van der Waals surface area contributed by atoms with E-state index in [-0.39, 0.29) is 5.82 Å². The minimum atomic E-state index is -0.434. The Morgan fingerprint density at radius 2 is 1.65 bits per heavy atom. The average Bonchev–Trinajstić information content (AvgIpc) is 3.07. The number of carbonyl (C=O) groups excluding carboxylic acids is 1. The van der Waals surface area contributed by atoms with Crippen molar-refractivity contribution in [3.05, 3.63) is 78.5 Å². The summed E-state index contributed by atoms with van der Waals surface area (Å²) < 4.78 is 18.1. The van der Waals surface area contributed by atoms with Crippen molar-refractivity contribution in [1.29, 1.82) is 0 Å². The van der Waals surface area contributed by atoms with Gasteiger partial charge in [0.15, 0.2) is 0 Å². The average molecular weight is 346 g/mol. The van der Waals surface area contributed by atoms with Gasteiger partial charge in [-0.15, -0.1) is 0 Å². The Morgan fingerprint density at radius 3 is 2.35 bits per heavy atom. The molecule has 4 aromatic rings. The second-order valence-electron chi connectivity index (χ2n) is 5.87. The van der Waals surface area contributed by atoms with Crippen LogP contribution in [0.25, 0.3) is 33.2 Å². The number of hydrogen-bond acceptors (Lipinski definition) is 3. The molecule has 0 aliphatic rings. The molecule has 0 aliphatic carbocycles. The summed E-state index contributed by atoms with van der Waals surface area (Å²) in [4.78, 5) is 19.5. The number of ether oxygens (including phenoxy) is 1. The zero-order chi connectivity index (χ0) is 18.1. The predicted molar refractivity (Wildman–Crippen MR) is 98.3 cm³/mol. The van der Waals surface area contributed by atoms with E-state index in [1.54, 1.807) is 24.5 Å². The number of carbonyl (C=O) groups is 1. The molecule has 5 heteroatoms. The number of benzene rings is 2. The molecule has 4 nitrogen and oxygen atoms in total. The maximum atomic E-state index is 13.2. The Morgan fingerprint density at radius 1 is 0.962 bits per heavy atom. The van der Waals surface area contributed by atoms with E-state index >= 15 is 0 Å². The van der Waals surface area contributed by atoms with E-state index in [1.165, 1.54) is 19.2 Å². The van der Waals surface area contributed by atoms with Crippen LogP contribution in [0.15, 0.2) is 67.0 Å². The molecule has 2 heterocycles. The Kier molecular flexibility index (Phi) is 3.97. The van der Waals surface area contributed by atoms with E-state index in [1.807, 2.05) is 30.3 Å². The number of nitrogens with zero attached hydrogens (tertiary/aromatic N) is 1. The molecule has 2 aromatic carbocycles. The highest BCUT2D eigenvalue weighted by atomic mass is 19.1. The summed E-state index contributed by atoms with van der Waals surface area (Å²) in [6.07, 6.45) is 3.37. The molecule has 26 heavy (non-hydrogen) atoms. The van der Waals surface area contributed by atoms with Crippen LogP contribution in [0.2, 0.25) is 0 Å². The lowest BCUT2D eigenvalue weighted by molar-refractivity contribution is 0.0596. The standard InChI is InChI=1S/C21H15FN2O2/c1-26-21(25)20-19(14-8-10-23-11-9-14)17-7-4-15(12-18(17)24-20)13-2-5-16(22)6-3-13/h2-12,24H,1H3. The fourth-order valence-corrected chi connectivity index (χ4v) is 3.09. The van der Waals surface area contributed by atoms with Crippen LogP contribution in [0.5, 0.6) is 0 Å². The summed E-state index contributed by atoms with van der Waals surface area (Å²) in [7, 11) is 1.36. The highest BCUT2D eigenvalue weighted by molar-refractivity contribution is 6.08. The van der Waals surface area contributed by atoms with Gasteiger partial charge < -0.3 is 9.72 Å². The molecule has 0 aliphatic heterocycles. The first kappa shape index (κ1) is 16.0. The largest absolute Gasteiger partial charge is 0.464 e. The van der Waals surface area contributed by atoms with Crippen molar-refractivity contribution in [2.24, 2.45) is 0 Å². The number of rotatable bonds is 3. The van der Waals surface area contributed by atoms with Crippen LogP contribution < -0.4 is 0 Å². The highest BCUT2D eigenvalue weighted by Gasteiger charge is 2.20. The van der Waals surface area contributed by atoms with E-state index in [0.29, 0.717) is 5.69 Å². The minimum Gasteiger partial charge on any atom is -0.464 e. The number of halogens is 1. The van der Waals surface area contributed by atoms with Gasteiger partial charge in [-0.2, -0.15) is 0 Å². The fraction of sp³-hybridized carbons (Fsp3) is 0.0476. The third-order valence-electron chi connectivity index (χ3n) is 4.33. The number of nitrogens with one attached hydrogen (secondary N) is 1. The van der Waals surface area contributed by atoms with Gasteiger partial charge in [-0.25, -0.2) is 9.18 Å². The van der Waals surface area contributed by atoms with Crippen LogP contribution in [-0.4, -0.2) is 23.0 Å². The molecule has 0 atom stereocenters. The van der Waals surface area contributed by atoms with E-state index in [9.17, 15) is 9.18 Å². The maximum absolute atomic E-state index is 13.2. The first-order chi connectivity index (χ1) is 12.7. The summed E-state index contributed by atoms with van der Waals surface area (Å²) in [5.41, 5.74) is 4.68. The number of pyridine rings is 1. The molecule has 0 radical (unpaired) electrons. The number of aromatic amines is 1.